The Balaban J connectivity index is 1.01. The highest BCUT2D eigenvalue weighted by atomic mass is 16.3. The number of aromatic nitrogens is 2. The van der Waals surface area contributed by atoms with E-state index < -0.39 is 0 Å². The fourth-order valence-corrected chi connectivity index (χ4v) is 9.46. The topological polar surface area (TPSA) is 31.0 Å². The first kappa shape index (κ1) is 28.7. The van der Waals surface area contributed by atoms with Crippen LogP contribution in [0, 0.1) is 0 Å². The minimum absolute atomic E-state index is 0.389. The molecule has 0 bridgehead atoms. The predicted molar refractivity (Wildman–Crippen MR) is 216 cm³/mol. The molecule has 2 aliphatic carbocycles. The van der Waals surface area contributed by atoms with Crippen LogP contribution in [0.25, 0.3) is 83.4 Å². The molecule has 0 fully saturated rings. The zero-order valence-corrected chi connectivity index (χ0v) is 28.6. The highest BCUT2D eigenvalue weighted by Gasteiger charge is 2.52. The quantitative estimate of drug-likeness (QED) is 0.187. The van der Waals surface area contributed by atoms with Gasteiger partial charge >= 0.3 is 0 Å². The van der Waals surface area contributed by atoms with E-state index in [1.807, 2.05) is 12.1 Å². The first-order valence-electron chi connectivity index (χ1n) is 18.2. The summed E-state index contributed by atoms with van der Waals surface area (Å²) in [5.74, 6) is 0.936. The average Bonchev–Trinajstić information content (AvgIpc) is 3.96. The number of furan rings is 1. The van der Waals surface area contributed by atoms with E-state index in [1.54, 1.807) is 0 Å². The molecule has 0 aliphatic heterocycles. The number of fused-ring (bicyclic) bond motifs is 15. The van der Waals surface area contributed by atoms with E-state index >= 15 is 0 Å². The van der Waals surface area contributed by atoms with Gasteiger partial charge < -0.3 is 4.42 Å². The van der Waals surface area contributed by atoms with E-state index in [1.165, 1.54) is 44.5 Å². The molecule has 12 rings (SSSR count). The summed E-state index contributed by atoms with van der Waals surface area (Å²) < 4.78 is 9.13. The van der Waals surface area contributed by atoms with Crippen molar-refractivity contribution in [2.75, 3.05) is 0 Å². The monoisotopic (exact) mass is 674 g/mol. The molecule has 0 atom stereocenters. The Bertz CT molecular complexity index is 3060. The van der Waals surface area contributed by atoms with E-state index in [0.29, 0.717) is 0 Å². The SMILES string of the molecule is c1ccc(-c2nc3ccccc3n2-c2ccc(-c3ccc4oc5c6c(ccc5c4c3)C3(c4ccccc4-c4ccccc43)c3ccccc3-6)cc2)cc1. The van der Waals surface area contributed by atoms with Crippen molar-refractivity contribution >= 4 is 33.0 Å². The Morgan fingerprint density at radius 1 is 0.453 bits per heavy atom. The van der Waals surface area contributed by atoms with Crippen LogP contribution in [-0.4, -0.2) is 9.55 Å². The molecule has 0 saturated carbocycles. The largest absolute Gasteiger partial charge is 0.455 e. The molecule has 2 aliphatic rings. The van der Waals surface area contributed by atoms with Crippen molar-refractivity contribution in [3.05, 3.63) is 204 Å². The summed E-state index contributed by atoms with van der Waals surface area (Å²) in [6.45, 7) is 0. The second kappa shape index (κ2) is 10.5. The molecule has 3 heteroatoms. The maximum atomic E-state index is 6.88. The van der Waals surface area contributed by atoms with E-state index in [9.17, 15) is 0 Å². The molecular weight excluding hydrogens is 645 g/mol. The lowest BCUT2D eigenvalue weighted by Gasteiger charge is -2.30. The van der Waals surface area contributed by atoms with E-state index in [-0.39, 0.29) is 5.41 Å². The third kappa shape index (κ3) is 3.75. The number of hydrogen-bond donors (Lipinski definition) is 0. The van der Waals surface area contributed by atoms with Crippen molar-refractivity contribution in [1.29, 1.82) is 0 Å². The number of rotatable bonds is 3. The maximum absolute atomic E-state index is 6.88. The predicted octanol–water partition coefficient (Wildman–Crippen LogP) is 12.6. The van der Waals surface area contributed by atoms with Gasteiger partial charge in [0, 0.05) is 27.6 Å². The molecule has 2 heterocycles. The Hall–Kier alpha value is -6.97. The lowest BCUT2D eigenvalue weighted by atomic mass is 9.70. The third-order valence-corrected chi connectivity index (χ3v) is 11.6. The summed E-state index contributed by atoms with van der Waals surface area (Å²) in [7, 11) is 0. The van der Waals surface area contributed by atoms with Crippen molar-refractivity contribution in [2.45, 2.75) is 5.41 Å². The third-order valence-electron chi connectivity index (χ3n) is 11.6. The van der Waals surface area contributed by atoms with Gasteiger partial charge in [-0.25, -0.2) is 4.98 Å². The van der Waals surface area contributed by atoms with Crippen LogP contribution >= 0.6 is 0 Å². The second-order valence-corrected chi connectivity index (χ2v) is 14.2. The van der Waals surface area contributed by atoms with Crippen LogP contribution in [0.1, 0.15) is 22.3 Å². The number of para-hydroxylation sites is 2. The highest BCUT2D eigenvalue weighted by Crippen LogP contribution is 2.64. The molecule has 2 aromatic heterocycles. The van der Waals surface area contributed by atoms with Gasteiger partial charge in [-0.3, -0.25) is 4.57 Å². The maximum Gasteiger partial charge on any atom is 0.145 e. The lowest BCUT2D eigenvalue weighted by Crippen LogP contribution is -2.25. The molecule has 0 amide bonds. The van der Waals surface area contributed by atoms with Gasteiger partial charge in [0.05, 0.1) is 16.4 Å². The first-order valence-corrected chi connectivity index (χ1v) is 18.2. The van der Waals surface area contributed by atoms with Gasteiger partial charge in [0.2, 0.25) is 0 Å². The average molecular weight is 675 g/mol. The van der Waals surface area contributed by atoms with Crippen LogP contribution in [0.3, 0.4) is 0 Å². The molecule has 0 saturated heterocycles. The van der Waals surface area contributed by atoms with Gasteiger partial charge in [-0.15, -0.1) is 0 Å². The zero-order valence-electron chi connectivity index (χ0n) is 28.6. The summed E-state index contributed by atoms with van der Waals surface area (Å²) in [5.41, 5.74) is 18.4. The summed E-state index contributed by atoms with van der Waals surface area (Å²) in [6, 6.07) is 65.7. The van der Waals surface area contributed by atoms with Crippen molar-refractivity contribution in [3.63, 3.8) is 0 Å². The van der Waals surface area contributed by atoms with Gasteiger partial charge in [-0.2, -0.15) is 0 Å². The van der Waals surface area contributed by atoms with Gasteiger partial charge in [-0.05, 0) is 86.5 Å². The molecule has 246 valence electrons. The van der Waals surface area contributed by atoms with E-state index in [2.05, 4.69) is 174 Å². The molecule has 1 spiro atoms. The van der Waals surface area contributed by atoms with Crippen LogP contribution in [0.4, 0.5) is 0 Å². The van der Waals surface area contributed by atoms with Crippen LogP contribution in [-0.2, 0) is 5.41 Å². The van der Waals surface area contributed by atoms with Crippen molar-refractivity contribution in [3.8, 4) is 50.5 Å². The summed E-state index contributed by atoms with van der Waals surface area (Å²) in [4.78, 5) is 5.03. The molecule has 8 aromatic carbocycles. The van der Waals surface area contributed by atoms with Crippen LogP contribution in [0.15, 0.2) is 186 Å². The van der Waals surface area contributed by atoms with Gasteiger partial charge in [-0.1, -0.05) is 146 Å². The first-order chi connectivity index (χ1) is 26.3. The normalized spacial score (nSPS) is 13.4. The minimum Gasteiger partial charge on any atom is -0.455 e. The molecule has 0 unspecified atom stereocenters. The molecule has 0 radical (unpaired) electrons. The van der Waals surface area contributed by atoms with E-state index in [0.717, 1.165) is 61.2 Å². The summed E-state index contributed by atoms with van der Waals surface area (Å²) in [5, 5.41) is 2.27. The smallest absolute Gasteiger partial charge is 0.145 e. The molecular formula is C50H30N2O. The van der Waals surface area contributed by atoms with Gasteiger partial charge in [0.1, 0.15) is 17.0 Å². The van der Waals surface area contributed by atoms with Crippen LogP contribution in [0.2, 0.25) is 0 Å². The molecule has 53 heavy (non-hydrogen) atoms. The fraction of sp³-hybridized carbons (Fsp3) is 0.0200. The number of nitrogens with zero attached hydrogens (tertiary/aromatic N) is 2. The highest BCUT2D eigenvalue weighted by molar-refractivity contribution is 6.13. The van der Waals surface area contributed by atoms with Crippen molar-refractivity contribution in [2.24, 2.45) is 0 Å². The van der Waals surface area contributed by atoms with Gasteiger partial charge in [0.15, 0.2) is 0 Å². The summed E-state index contributed by atoms with van der Waals surface area (Å²) in [6.07, 6.45) is 0. The molecule has 10 aromatic rings. The Morgan fingerprint density at radius 2 is 1.08 bits per heavy atom. The Labute approximate surface area is 306 Å². The van der Waals surface area contributed by atoms with Crippen LogP contribution in [0.5, 0.6) is 0 Å². The molecule has 0 N–H and O–H groups in total. The van der Waals surface area contributed by atoms with Crippen LogP contribution < -0.4 is 0 Å². The number of hydrogen-bond acceptors (Lipinski definition) is 2. The van der Waals surface area contributed by atoms with Crippen molar-refractivity contribution in [1.82, 2.24) is 9.55 Å². The number of benzene rings is 8. The Morgan fingerprint density at radius 3 is 1.83 bits per heavy atom. The van der Waals surface area contributed by atoms with Crippen molar-refractivity contribution < 1.29 is 4.42 Å². The minimum atomic E-state index is -0.389. The van der Waals surface area contributed by atoms with E-state index in [4.69, 9.17) is 9.40 Å². The number of imidazole rings is 1. The fourth-order valence-electron chi connectivity index (χ4n) is 9.46. The second-order valence-electron chi connectivity index (χ2n) is 14.2. The molecule has 3 nitrogen and oxygen atoms in total. The zero-order chi connectivity index (χ0) is 34.7. The Kier molecular flexibility index (Phi) is 5.70. The summed E-state index contributed by atoms with van der Waals surface area (Å²) >= 11 is 0. The lowest BCUT2D eigenvalue weighted by molar-refractivity contribution is 0.669. The van der Waals surface area contributed by atoms with Gasteiger partial charge in [0.25, 0.3) is 0 Å². The standard InChI is InChI=1S/C50H30N2O/c1-2-12-32(13-3-1)49-51-44-20-10-11-21-45(44)52(49)34-25-22-31(23-26-34)33-24-29-46-39(30-33)37-27-28-43-47(48(37)53-46)38-16-6-9-19-42(38)50(43)40-17-7-4-14-35(40)36-15-5-8-18-41(36)50/h1-30H.